The molecule has 32 heavy (non-hydrogen) atoms. The van der Waals surface area contributed by atoms with Gasteiger partial charge in [-0.15, -0.1) is 5.10 Å². The van der Waals surface area contributed by atoms with Crippen molar-refractivity contribution in [3.05, 3.63) is 65.4 Å². The van der Waals surface area contributed by atoms with Crippen LogP contribution >= 0.6 is 11.6 Å². The number of benzene rings is 1. The largest absolute Gasteiger partial charge is 0.382 e. The summed E-state index contributed by atoms with van der Waals surface area (Å²) in [6.07, 6.45) is 3.60. The average molecular weight is 452 g/mol. The minimum atomic E-state index is -0.338. The number of rotatable bonds is 8. The molecule has 0 saturated carbocycles. The number of amides is 1. The van der Waals surface area contributed by atoms with Gasteiger partial charge in [-0.25, -0.2) is 4.52 Å². The number of aromatic nitrogens is 4. The molecule has 1 aromatic carbocycles. The van der Waals surface area contributed by atoms with Gasteiger partial charge < -0.3 is 16.0 Å². The molecule has 0 bridgehead atoms. The van der Waals surface area contributed by atoms with Crippen LogP contribution in [0.5, 0.6) is 0 Å². The maximum absolute atomic E-state index is 13.2. The maximum Gasteiger partial charge on any atom is 0.261 e. The summed E-state index contributed by atoms with van der Waals surface area (Å²) in [4.78, 5) is 15.5. The van der Waals surface area contributed by atoms with Crippen molar-refractivity contribution in [2.75, 3.05) is 30.7 Å². The van der Waals surface area contributed by atoms with E-state index in [1.165, 1.54) is 0 Å². The molecule has 0 fully saturated rings. The zero-order chi connectivity index (χ0) is 22.7. The van der Waals surface area contributed by atoms with Crippen LogP contribution in [-0.4, -0.2) is 49.8 Å². The number of fused-ring (bicyclic) bond motifs is 1. The van der Waals surface area contributed by atoms with Gasteiger partial charge >= 0.3 is 0 Å². The lowest BCUT2D eigenvalue weighted by Gasteiger charge is -2.17. The topological polar surface area (TPSA) is 93.5 Å². The second-order valence-electron chi connectivity index (χ2n) is 7.44. The monoisotopic (exact) mass is 451 g/mol. The molecule has 166 valence electrons. The van der Waals surface area contributed by atoms with E-state index in [4.69, 9.17) is 22.4 Å². The molecule has 0 aliphatic rings. The molecule has 0 unspecified atom stereocenters. The highest BCUT2D eigenvalue weighted by Gasteiger charge is 2.21. The van der Waals surface area contributed by atoms with Gasteiger partial charge in [0.15, 0.2) is 5.82 Å². The normalized spacial score (nSPS) is 11.4. The molecule has 4 rings (SSSR count). The van der Waals surface area contributed by atoms with Crippen LogP contribution in [0, 0.1) is 0 Å². The fourth-order valence-corrected chi connectivity index (χ4v) is 3.88. The third-order valence-corrected chi connectivity index (χ3v) is 5.68. The van der Waals surface area contributed by atoms with Crippen molar-refractivity contribution < 1.29 is 4.79 Å². The SMILES string of the molecule is CCN(CC)CCn1cc(NC(=O)c2c(N)nn3ccccc23)c(-c2cccc(Cl)c2)n1. The predicted octanol–water partition coefficient (Wildman–Crippen LogP) is 4.03. The third kappa shape index (κ3) is 4.46. The number of anilines is 2. The number of nitrogens with zero attached hydrogens (tertiary/aromatic N) is 5. The molecule has 0 aliphatic carbocycles. The van der Waals surface area contributed by atoms with Gasteiger partial charge in [0.1, 0.15) is 11.3 Å². The van der Waals surface area contributed by atoms with Crippen LogP contribution in [0.3, 0.4) is 0 Å². The van der Waals surface area contributed by atoms with E-state index >= 15 is 0 Å². The molecule has 0 aliphatic heterocycles. The van der Waals surface area contributed by atoms with Crippen molar-refractivity contribution in [1.82, 2.24) is 24.3 Å². The predicted molar refractivity (Wildman–Crippen MR) is 128 cm³/mol. The van der Waals surface area contributed by atoms with Gasteiger partial charge in [0.2, 0.25) is 0 Å². The Morgan fingerprint density at radius 2 is 1.97 bits per heavy atom. The minimum absolute atomic E-state index is 0.173. The van der Waals surface area contributed by atoms with Crippen LogP contribution < -0.4 is 11.1 Å². The highest BCUT2D eigenvalue weighted by molar-refractivity contribution is 6.30. The Morgan fingerprint density at radius 3 is 2.72 bits per heavy atom. The second-order valence-corrected chi connectivity index (χ2v) is 7.87. The van der Waals surface area contributed by atoms with Crippen LogP contribution in [-0.2, 0) is 6.54 Å². The Balaban J connectivity index is 1.68. The van der Waals surface area contributed by atoms with Crippen LogP contribution in [0.15, 0.2) is 54.9 Å². The summed E-state index contributed by atoms with van der Waals surface area (Å²) in [6.45, 7) is 7.77. The van der Waals surface area contributed by atoms with E-state index in [2.05, 4.69) is 29.2 Å². The molecule has 4 aromatic rings. The Bertz CT molecular complexity index is 1240. The fourth-order valence-electron chi connectivity index (χ4n) is 3.69. The standard InChI is InChI=1S/C23H26ClN7O/c1-3-29(4-2)12-13-30-15-18(21(27-30)16-8-7-9-17(24)14-16)26-23(32)20-19-10-5-6-11-31(19)28-22(20)25/h5-11,14-15H,3-4,12-13H2,1-2H3,(H2,25,28)(H,26,32). The van der Waals surface area contributed by atoms with E-state index < -0.39 is 0 Å². The maximum atomic E-state index is 13.2. The number of likely N-dealkylation sites (N-methyl/N-ethyl adjacent to an activating group) is 1. The van der Waals surface area contributed by atoms with E-state index in [0.29, 0.717) is 34.0 Å². The van der Waals surface area contributed by atoms with Crippen molar-refractivity contribution in [3.8, 4) is 11.3 Å². The molecule has 9 heteroatoms. The van der Waals surface area contributed by atoms with Crippen LogP contribution in [0.2, 0.25) is 5.02 Å². The molecule has 0 saturated heterocycles. The minimum Gasteiger partial charge on any atom is -0.382 e. The van der Waals surface area contributed by atoms with Gasteiger partial charge in [-0.05, 0) is 37.4 Å². The van der Waals surface area contributed by atoms with E-state index in [9.17, 15) is 4.79 Å². The summed E-state index contributed by atoms with van der Waals surface area (Å²) < 4.78 is 3.44. The van der Waals surface area contributed by atoms with Crippen molar-refractivity contribution >= 4 is 34.5 Å². The Morgan fingerprint density at radius 1 is 1.16 bits per heavy atom. The first-order chi connectivity index (χ1) is 15.5. The van der Waals surface area contributed by atoms with E-state index in [1.54, 1.807) is 16.8 Å². The summed E-state index contributed by atoms with van der Waals surface area (Å²) in [5.41, 5.74) is 9.09. The first-order valence-corrected chi connectivity index (χ1v) is 11.0. The van der Waals surface area contributed by atoms with Crippen LogP contribution in [0.25, 0.3) is 16.8 Å². The molecule has 8 nitrogen and oxygen atoms in total. The lowest BCUT2D eigenvalue weighted by atomic mass is 10.1. The van der Waals surface area contributed by atoms with Gasteiger partial charge in [0, 0.05) is 29.5 Å². The van der Waals surface area contributed by atoms with Crippen molar-refractivity contribution in [1.29, 1.82) is 0 Å². The molecule has 0 radical (unpaired) electrons. The van der Waals surface area contributed by atoms with E-state index in [-0.39, 0.29) is 11.7 Å². The first-order valence-electron chi connectivity index (χ1n) is 10.6. The molecule has 3 N–H and O–H groups in total. The zero-order valence-electron chi connectivity index (χ0n) is 18.1. The molecular formula is C23H26ClN7O. The molecule has 3 aromatic heterocycles. The first kappa shape index (κ1) is 21.9. The highest BCUT2D eigenvalue weighted by Crippen LogP contribution is 2.30. The van der Waals surface area contributed by atoms with Gasteiger partial charge in [0.25, 0.3) is 5.91 Å². The molecule has 1 amide bonds. The Labute approximate surface area is 191 Å². The Hall–Kier alpha value is -3.36. The number of nitrogens with one attached hydrogen (secondary N) is 1. The highest BCUT2D eigenvalue weighted by atomic mass is 35.5. The number of nitrogen functional groups attached to an aromatic ring is 1. The Kier molecular flexibility index (Phi) is 6.43. The van der Waals surface area contributed by atoms with Crippen molar-refractivity contribution in [3.63, 3.8) is 0 Å². The number of carbonyl (C=O) groups is 1. The van der Waals surface area contributed by atoms with Gasteiger partial charge in [-0.1, -0.05) is 43.6 Å². The summed E-state index contributed by atoms with van der Waals surface area (Å²) >= 11 is 6.21. The smallest absolute Gasteiger partial charge is 0.261 e. The van der Waals surface area contributed by atoms with E-state index in [0.717, 1.165) is 25.2 Å². The van der Waals surface area contributed by atoms with E-state index in [1.807, 2.05) is 47.3 Å². The number of carbonyl (C=O) groups excluding carboxylic acids is 1. The average Bonchev–Trinajstić information content (AvgIpc) is 3.34. The number of hydrogen-bond donors (Lipinski definition) is 2. The molecule has 3 heterocycles. The van der Waals surface area contributed by atoms with Crippen molar-refractivity contribution in [2.24, 2.45) is 0 Å². The summed E-state index contributed by atoms with van der Waals surface area (Å²) in [6, 6.07) is 12.9. The summed E-state index contributed by atoms with van der Waals surface area (Å²) in [5, 5.41) is 12.6. The summed E-state index contributed by atoms with van der Waals surface area (Å²) in [7, 11) is 0. The van der Waals surface area contributed by atoms with Crippen LogP contribution in [0.4, 0.5) is 11.5 Å². The van der Waals surface area contributed by atoms with Gasteiger partial charge in [-0.3, -0.25) is 9.48 Å². The molecule has 0 spiro atoms. The second kappa shape index (κ2) is 9.42. The zero-order valence-corrected chi connectivity index (χ0v) is 18.9. The lowest BCUT2D eigenvalue weighted by Crippen LogP contribution is -2.27. The van der Waals surface area contributed by atoms with Gasteiger partial charge in [-0.2, -0.15) is 5.10 Å². The number of nitrogens with two attached hydrogens (primary N) is 1. The quantitative estimate of drug-likeness (QED) is 0.422. The lowest BCUT2D eigenvalue weighted by molar-refractivity contribution is 0.102. The summed E-state index contributed by atoms with van der Waals surface area (Å²) in [5.74, 6) is -0.165. The number of hydrogen-bond acceptors (Lipinski definition) is 5. The van der Waals surface area contributed by atoms with Crippen molar-refractivity contribution in [2.45, 2.75) is 20.4 Å². The molecule has 0 atom stereocenters. The molecular weight excluding hydrogens is 426 g/mol. The van der Waals surface area contributed by atoms with Crippen LogP contribution in [0.1, 0.15) is 24.2 Å². The third-order valence-electron chi connectivity index (χ3n) is 5.44. The van der Waals surface area contributed by atoms with Gasteiger partial charge in [0.05, 0.1) is 17.7 Å². The number of halogens is 1. The fraction of sp³-hybridized carbons (Fsp3) is 0.261. The number of pyridine rings is 1.